The number of carbonyl (C=O) groups excluding carboxylic acids is 1. The molecule has 2 aromatic heterocycles. The van der Waals surface area contributed by atoms with Crippen LogP contribution in [0.3, 0.4) is 0 Å². The second-order valence-corrected chi connectivity index (χ2v) is 8.24. The highest BCUT2D eigenvalue weighted by Crippen LogP contribution is 2.33. The molecule has 0 saturated carbocycles. The van der Waals surface area contributed by atoms with Gasteiger partial charge < -0.3 is 4.42 Å². The van der Waals surface area contributed by atoms with Crippen molar-refractivity contribution in [2.24, 2.45) is 4.40 Å². The fraction of sp³-hybridized carbons (Fsp3) is 0.143. The Balaban J connectivity index is 1.97. The van der Waals surface area contributed by atoms with E-state index in [0.717, 1.165) is 23.1 Å². The van der Waals surface area contributed by atoms with Gasteiger partial charge in [-0.3, -0.25) is 9.69 Å². The van der Waals surface area contributed by atoms with Crippen LogP contribution >= 0.6 is 23.1 Å². The van der Waals surface area contributed by atoms with Crippen LogP contribution in [0.1, 0.15) is 12.7 Å². The first-order valence-corrected chi connectivity index (χ1v) is 9.78. The Morgan fingerprint density at radius 3 is 2.78 bits per heavy atom. The highest BCUT2D eigenvalue weighted by molar-refractivity contribution is 8.19. The van der Waals surface area contributed by atoms with Crippen LogP contribution in [-0.4, -0.2) is 30.9 Å². The summed E-state index contributed by atoms with van der Waals surface area (Å²) in [5.74, 6) is 0.244. The molecule has 23 heavy (non-hydrogen) atoms. The molecule has 0 aliphatic carbocycles. The molecule has 120 valence electrons. The molecule has 6 nitrogen and oxygen atoms in total. The molecule has 3 rings (SSSR count). The number of rotatable bonds is 4. The molecule has 3 heterocycles. The van der Waals surface area contributed by atoms with Crippen molar-refractivity contribution < 1.29 is 17.6 Å². The Kier molecular flexibility index (Phi) is 4.42. The summed E-state index contributed by atoms with van der Waals surface area (Å²) in [5, 5.41) is 1.82. The van der Waals surface area contributed by atoms with Crippen LogP contribution in [0.15, 0.2) is 53.8 Å². The van der Waals surface area contributed by atoms with Gasteiger partial charge in [-0.2, -0.15) is 8.42 Å². The SMILES string of the molecule is CCN1C(=O)/C(=C\c2ccco2)S/C1=N\S(=O)(=O)c1cccs1. The lowest BCUT2D eigenvalue weighted by atomic mass is 10.3. The number of furan rings is 1. The monoisotopic (exact) mass is 368 g/mol. The summed E-state index contributed by atoms with van der Waals surface area (Å²) in [6, 6.07) is 6.56. The molecule has 9 heteroatoms. The van der Waals surface area contributed by atoms with Gasteiger partial charge in [0.2, 0.25) is 0 Å². The maximum Gasteiger partial charge on any atom is 0.294 e. The topological polar surface area (TPSA) is 80.0 Å². The van der Waals surface area contributed by atoms with Crippen molar-refractivity contribution in [2.45, 2.75) is 11.1 Å². The summed E-state index contributed by atoms with van der Waals surface area (Å²) in [7, 11) is -3.81. The number of hydrogen-bond donors (Lipinski definition) is 0. The Morgan fingerprint density at radius 1 is 1.35 bits per heavy atom. The third-order valence-corrected chi connectivity index (χ3v) is 6.73. The van der Waals surface area contributed by atoms with E-state index in [0.29, 0.717) is 17.2 Å². The van der Waals surface area contributed by atoms with Gasteiger partial charge in [-0.05, 0) is 42.3 Å². The Hall–Kier alpha value is -1.84. The maximum atomic E-state index is 12.4. The number of amides is 1. The number of likely N-dealkylation sites (N-methyl/N-ethyl adjacent to an activating group) is 1. The van der Waals surface area contributed by atoms with E-state index in [1.807, 2.05) is 0 Å². The average molecular weight is 368 g/mol. The Labute approximate surface area is 141 Å². The lowest BCUT2D eigenvalue weighted by molar-refractivity contribution is -0.122. The molecule has 0 radical (unpaired) electrons. The zero-order valence-electron chi connectivity index (χ0n) is 12.0. The molecule has 1 amide bonds. The zero-order chi connectivity index (χ0) is 16.4. The van der Waals surface area contributed by atoms with E-state index in [1.54, 1.807) is 36.6 Å². The minimum atomic E-state index is -3.81. The first-order valence-electron chi connectivity index (χ1n) is 6.64. The van der Waals surface area contributed by atoms with Crippen LogP contribution in [-0.2, 0) is 14.8 Å². The van der Waals surface area contributed by atoms with Crippen LogP contribution in [0.25, 0.3) is 6.08 Å². The fourth-order valence-electron chi connectivity index (χ4n) is 1.92. The van der Waals surface area contributed by atoms with Gasteiger partial charge in [-0.25, -0.2) is 0 Å². The van der Waals surface area contributed by atoms with Gasteiger partial charge in [0.1, 0.15) is 9.97 Å². The molecular formula is C14H12N2O4S3. The van der Waals surface area contributed by atoms with E-state index in [2.05, 4.69) is 4.40 Å². The van der Waals surface area contributed by atoms with Gasteiger partial charge in [0.15, 0.2) is 5.17 Å². The van der Waals surface area contributed by atoms with Gasteiger partial charge in [0.25, 0.3) is 15.9 Å². The summed E-state index contributed by atoms with van der Waals surface area (Å²) in [5.41, 5.74) is 0. The number of hydrogen-bond acceptors (Lipinski definition) is 6. The van der Waals surface area contributed by atoms with Crippen molar-refractivity contribution in [1.82, 2.24) is 4.90 Å². The van der Waals surface area contributed by atoms with Crippen molar-refractivity contribution >= 4 is 50.3 Å². The molecule has 1 aliphatic rings. The molecule has 0 bridgehead atoms. The molecule has 0 spiro atoms. The van der Waals surface area contributed by atoms with Crippen LogP contribution in [0.2, 0.25) is 0 Å². The smallest absolute Gasteiger partial charge is 0.294 e. The first-order chi connectivity index (χ1) is 11.0. The summed E-state index contributed by atoms with van der Waals surface area (Å²) in [4.78, 5) is 14.1. The van der Waals surface area contributed by atoms with E-state index >= 15 is 0 Å². The van der Waals surface area contributed by atoms with Crippen LogP contribution in [0.5, 0.6) is 0 Å². The van der Waals surface area contributed by atoms with Crippen molar-refractivity contribution in [2.75, 3.05) is 6.54 Å². The number of thiophene rings is 1. The normalized spacial score (nSPS) is 19.2. The molecule has 0 atom stereocenters. The fourth-order valence-corrected chi connectivity index (χ4v) is 5.11. The standard InChI is InChI=1S/C14H12N2O4S3/c1-2-16-13(17)11(9-10-5-3-7-20-10)22-14(16)15-23(18,19)12-6-4-8-21-12/h3-9H,2H2,1H3/b11-9+,15-14-. The van der Waals surface area contributed by atoms with E-state index in [-0.39, 0.29) is 15.3 Å². The second-order valence-electron chi connectivity index (χ2n) is 4.46. The lowest BCUT2D eigenvalue weighted by Gasteiger charge is -2.11. The lowest BCUT2D eigenvalue weighted by Crippen LogP contribution is -2.29. The molecule has 1 fully saturated rings. The van der Waals surface area contributed by atoms with Crippen molar-refractivity contribution in [1.29, 1.82) is 0 Å². The van der Waals surface area contributed by atoms with Gasteiger partial charge in [0, 0.05) is 12.6 Å². The molecule has 1 aliphatic heterocycles. The summed E-state index contributed by atoms with van der Waals surface area (Å²) in [6.45, 7) is 2.10. The molecule has 1 saturated heterocycles. The third-order valence-electron chi connectivity index (χ3n) is 2.97. The van der Waals surface area contributed by atoms with E-state index in [4.69, 9.17) is 4.42 Å². The average Bonchev–Trinajstić information content (AvgIpc) is 3.23. The third kappa shape index (κ3) is 3.26. The highest BCUT2D eigenvalue weighted by Gasteiger charge is 2.34. The predicted octanol–water partition coefficient (Wildman–Crippen LogP) is 3.02. The summed E-state index contributed by atoms with van der Waals surface area (Å²) < 4.78 is 33.7. The quantitative estimate of drug-likeness (QED) is 0.775. The number of carbonyl (C=O) groups is 1. The summed E-state index contributed by atoms with van der Waals surface area (Å²) >= 11 is 2.12. The summed E-state index contributed by atoms with van der Waals surface area (Å²) in [6.07, 6.45) is 3.08. The molecule has 0 aromatic carbocycles. The minimum absolute atomic E-state index is 0.151. The van der Waals surface area contributed by atoms with E-state index in [1.165, 1.54) is 17.2 Å². The molecule has 2 aromatic rings. The van der Waals surface area contributed by atoms with Crippen molar-refractivity contribution in [3.63, 3.8) is 0 Å². The van der Waals surface area contributed by atoms with Gasteiger partial charge >= 0.3 is 0 Å². The molecule has 0 unspecified atom stereocenters. The van der Waals surface area contributed by atoms with Crippen LogP contribution in [0, 0.1) is 0 Å². The van der Waals surface area contributed by atoms with E-state index in [9.17, 15) is 13.2 Å². The van der Waals surface area contributed by atoms with Crippen LogP contribution < -0.4 is 0 Å². The Morgan fingerprint density at radius 2 is 2.17 bits per heavy atom. The predicted molar refractivity (Wildman–Crippen MR) is 90.6 cm³/mol. The van der Waals surface area contributed by atoms with Crippen molar-refractivity contribution in [3.05, 3.63) is 46.6 Å². The van der Waals surface area contributed by atoms with Crippen molar-refractivity contribution in [3.8, 4) is 0 Å². The van der Waals surface area contributed by atoms with Gasteiger partial charge in [-0.15, -0.1) is 15.7 Å². The largest absolute Gasteiger partial charge is 0.465 e. The maximum absolute atomic E-state index is 12.4. The highest BCUT2D eigenvalue weighted by atomic mass is 32.2. The Bertz CT molecular complexity index is 865. The van der Waals surface area contributed by atoms with Gasteiger partial charge in [-0.1, -0.05) is 6.07 Å². The molecule has 0 N–H and O–H groups in total. The number of sulfonamides is 1. The number of nitrogens with zero attached hydrogens (tertiary/aromatic N) is 2. The second kappa shape index (κ2) is 6.34. The van der Waals surface area contributed by atoms with E-state index < -0.39 is 10.0 Å². The first kappa shape index (κ1) is 16.0. The van der Waals surface area contributed by atoms with Gasteiger partial charge in [0.05, 0.1) is 11.2 Å². The number of amidine groups is 1. The van der Waals surface area contributed by atoms with Crippen LogP contribution in [0.4, 0.5) is 0 Å². The molecular weight excluding hydrogens is 356 g/mol. The zero-order valence-corrected chi connectivity index (χ0v) is 14.5. The number of thioether (sulfide) groups is 1. The minimum Gasteiger partial charge on any atom is -0.465 e.